The van der Waals surface area contributed by atoms with E-state index in [2.05, 4.69) is 12.8 Å². The molecule has 0 aliphatic rings. The van der Waals surface area contributed by atoms with E-state index < -0.39 is 0 Å². The Morgan fingerprint density at radius 3 is 1.24 bits per heavy atom. The highest BCUT2D eigenvalue weighted by atomic mass is 16.6. The first-order valence-electron chi connectivity index (χ1n) is 13.5. The first-order valence-corrected chi connectivity index (χ1v) is 13.5. The van der Waals surface area contributed by atoms with Gasteiger partial charge in [-0.2, -0.15) is 0 Å². The zero-order chi connectivity index (χ0) is 26.9. The van der Waals surface area contributed by atoms with Crippen LogP contribution in [0.1, 0.15) is 45.4 Å². The zero-order valence-electron chi connectivity index (χ0n) is 22.9. The van der Waals surface area contributed by atoms with Gasteiger partial charge in [0.2, 0.25) is 0 Å². The maximum Gasteiger partial charge on any atom is 0.305 e. The first kappa shape index (κ1) is 35.7. The minimum atomic E-state index is -0.146. The minimum Gasteiger partial charge on any atom is -0.463 e. The van der Waals surface area contributed by atoms with E-state index in [-0.39, 0.29) is 12.6 Å². The molecule has 0 rings (SSSR count). The standard InChI is InChI=1S/C27H50O10/c1-3-5-6-7-8-9-27(28)37-26-25-36-24-23-35-22-21-34-20-19-33-18-17-32-16-15-31-14-13-30-12-11-29-10-4-2/h2H,3,5-26H2,1H3. The molecule has 0 saturated heterocycles. The Bertz CT molecular complexity index is 498. The highest BCUT2D eigenvalue weighted by Gasteiger charge is 2.02. The average molecular weight is 535 g/mol. The number of ether oxygens (including phenoxy) is 9. The molecule has 0 fully saturated rings. The highest BCUT2D eigenvalue weighted by Crippen LogP contribution is 2.05. The Kier molecular flexibility index (Phi) is 31.6. The lowest BCUT2D eigenvalue weighted by molar-refractivity contribution is -0.145. The Balaban J connectivity index is 3.08. The summed E-state index contributed by atoms with van der Waals surface area (Å²) in [6.45, 7) is 10.1. The second kappa shape index (κ2) is 32.7. The molecule has 218 valence electrons. The van der Waals surface area contributed by atoms with Crippen molar-refractivity contribution in [1.29, 1.82) is 0 Å². The van der Waals surface area contributed by atoms with Crippen molar-refractivity contribution < 1.29 is 47.4 Å². The lowest BCUT2D eigenvalue weighted by Gasteiger charge is -2.09. The van der Waals surface area contributed by atoms with Crippen LogP contribution in [0.5, 0.6) is 0 Å². The summed E-state index contributed by atoms with van der Waals surface area (Å²) < 4.78 is 48.1. The van der Waals surface area contributed by atoms with Gasteiger partial charge >= 0.3 is 5.97 Å². The van der Waals surface area contributed by atoms with Crippen LogP contribution < -0.4 is 0 Å². The second-order valence-corrected chi connectivity index (χ2v) is 7.93. The van der Waals surface area contributed by atoms with Gasteiger partial charge in [-0.05, 0) is 6.42 Å². The maximum absolute atomic E-state index is 11.6. The van der Waals surface area contributed by atoms with Crippen LogP contribution in [0.15, 0.2) is 0 Å². The third-order valence-corrected chi connectivity index (χ3v) is 4.76. The number of hydrogen-bond acceptors (Lipinski definition) is 10. The van der Waals surface area contributed by atoms with Crippen molar-refractivity contribution in [3.8, 4) is 12.3 Å². The average Bonchev–Trinajstić information content (AvgIpc) is 2.90. The van der Waals surface area contributed by atoms with Crippen LogP contribution in [0.25, 0.3) is 0 Å². The second-order valence-electron chi connectivity index (χ2n) is 7.93. The van der Waals surface area contributed by atoms with Gasteiger partial charge in [-0.3, -0.25) is 4.79 Å². The van der Waals surface area contributed by atoms with Crippen LogP contribution in [0, 0.1) is 12.3 Å². The maximum atomic E-state index is 11.6. The van der Waals surface area contributed by atoms with Gasteiger partial charge in [0.15, 0.2) is 0 Å². The summed E-state index contributed by atoms with van der Waals surface area (Å²) in [5, 5.41) is 0. The van der Waals surface area contributed by atoms with Crippen molar-refractivity contribution in [3.05, 3.63) is 0 Å². The van der Waals surface area contributed by atoms with E-state index >= 15 is 0 Å². The highest BCUT2D eigenvalue weighted by molar-refractivity contribution is 5.69. The predicted octanol–water partition coefficient (Wildman–Crippen LogP) is 2.66. The minimum absolute atomic E-state index is 0.146. The lowest BCUT2D eigenvalue weighted by Crippen LogP contribution is -2.15. The van der Waals surface area contributed by atoms with Gasteiger partial charge in [0.25, 0.3) is 0 Å². The predicted molar refractivity (Wildman–Crippen MR) is 140 cm³/mol. The molecule has 10 nitrogen and oxygen atoms in total. The van der Waals surface area contributed by atoms with E-state index in [0.29, 0.717) is 112 Å². The third-order valence-electron chi connectivity index (χ3n) is 4.76. The fraction of sp³-hybridized carbons (Fsp3) is 0.889. The summed E-state index contributed by atoms with van der Waals surface area (Å²) in [6, 6.07) is 0. The van der Waals surface area contributed by atoms with Crippen molar-refractivity contribution in [3.63, 3.8) is 0 Å². The van der Waals surface area contributed by atoms with Gasteiger partial charge in [-0.15, -0.1) is 6.42 Å². The van der Waals surface area contributed by atoms with E-state index in [0.717, 1.165) is 12.8 Å². The van der Waals surface area contributed by atoms with Gasteiger partial charge in [-0.25, -0.2) is 0 Å². The molecule has 0 aliphatic heterocycles. The Morgan fingerprint density at radius 2 is 0.865 bits per heavy atom. The molecule has 0 saturated carbocycles. The van der Waals surface area contributed by atoms with Crippen LogP contribution in [0.4, 0.5) is 0 Å². The van der Waals surface area contributed by atoms with Crippen LogP contribution in [0.3, 0.4) is 0 Å². The molecule has 0 aromatic heterocycles. The van der Waals surface area contributed by atoms with E-state index in [1.165, 1.54) is 19.3 Å². The Hall–Kier alpha value is -1.29. The van der Waals surface area contributed by atoms with Crippen molar-refractivity contribution in [2.75, 3.05) is 112 Å². The van der Waals surface area contributed by atoms with Crippen LogP contribution >= 0.6 is 0 Å². The van der Waals surface area contributed by atoms with Gasteiger partial charge in [0.05, 0.1) is 99.1 Å². The van der Waals surface area contributed by atoms with Crippen molar-refractivity contribution in [2.24, 2.45) is 0 Å². The van der Waals surface area contributed by atoms with Crippen LogP contribution in [-0.4, -0.2) is 118 Å². The van der Waals surface area contributed by atoms with Crippen molar-refractivity contribution in [1.82, 2.24) is 0 Å². The number of terminal acetylenes is 1. The van der Waals surface area contributed by atoms with E-state index in [1.54, 1.807) is 0 Å². The summed E-state index contributed by atoms with van der Waals surface area (Å²) in [6.07, 6.45) is 11.2. The molecular formula is C27H50O10. The lowest BCUT2D eigenvalue weighted by atomic mass is 10.1. The SMILES string of the molecule is C#CCOCCOCCOCCOCCOCCOCCOCCOCCOC(=O)CCCCCCC. The Labute approximate surface area is 223 Å². The van der Waals surface area contributed by atoms with Crippen LogP contribution in [0.2, 0.25) is 0 Å². The quantitative estimate of drug-likeness (QED) is 0.0750. The number of carbonyl (C=O) groups is 1. The molecule has 0 N–H and O–H groups in total. The third kappa shape index (κ3) is 32.7. The topological polar surface area (TPSA) is 100 Å². The van der Waals surface area contributed by atoms with E-state index in [9.17, 15) is 4.79 Å². The normalized spacial score (nSPS) is 11.0. The molecule has 0 atom stereocenters. The fourth-order valence-corrected chi connectivity index (χ4v) is 2.83. The molecule has 0 spiro atoms. The van der Waals surface area contributed by atoms with E-state index in [4.69, 9.17) is 49.1 Å². The fourth-order valence-electron chi connectivity index (χ4n) is 2.83. The summed E-state index contributed by atoms with van der Waals surface area (Å²) in [7, 11) is 0. The molecule has 0 heterocycles. The van der Waals surface area contributed by atoms with Gasteiger partial charge in [0, 0.05) is 6.42 Å². The number of esters is 1. The Morgan fingerprint density at radius 1 is 0.514 bits per heavy atom. The zero-order valence-corrected chi connectivity index (χ0v) is 22.9. The number of rotatable bonds is 31. The monoisotopic (exact) mass is 534 g/mol. The largest absolute Gasteiger partial charge is 0.463 e. The van der Waals surface area contributed by atoms with Gasteiger partial charge < -0.3 is 42.6 Å². The molecule has 0 unspecified atom stereocenters. The molecule has 0 aromatic rings. The van der Waals surface area contributed by atoms with E-state index in [1.807, 2.05) is 0 Å². The molecule has 0 amide bonds. The van der Waals surface area contributed by atoms with Gasteiger partial charge in [-0.1, -0.05) is 38.5 Å². The molecule has 0 radical (unpaired) electrons. The number of carbonyl (C=O) groups excluding carboxylic acids is 1. The summed E-state index contributed by atoms with van der Waals surface area (Å²) >= 11 is 0. The smallest absolute Gasteiger partial charge is 0.305 e. The molecule has 0 aromatic carbocycles. The number of hydrogen-bond donors (Lipinski definition) is 0. The van der Waals surface area contributed by atoms with Crippen LogP contribution in [-0.2, 0) is 47.4 Å². The molecular weight excluding hydrogens is 484 g/mol. The summed E-state index contributed by atoms with van der Waals surface area (Å²) in [5.74, 6) is 2.25. The number of unbranched alkanes of at least 4 members (excludes halogenated alkanes) is 4. The molecule has 0 bridgehead atoms. The van der Waals surface area contributed by atoms with Crippen molar-refractivity contribution in [2.45, 2.75) is 45.4 Å². The molecule has 0 aliphatic carbocycles. The summed E-state index contributed by atoms with van der Waals surface area (Å²) in [4.78, 5) is 11.6. The van der Waals surface area contributed by atoms with Crippen molar-refractivity contribution >= 4 is 5.97 Å². The molecule has 10 heteroatoms. The molecule has 37 heavy (non-hydrogen) atoms. The van der Waals surface area contributed by atoms with Gasteiger partial charge in [0.1, 0.15) is 13.2 Å². The summed E-state index contributed by atoms with van der Waals surface area (Å²) in [5.41, 5.74) is 0. The first-order chi connectivity index (χ1) is 18.3.